The van der Waals surface area contributed by atoms with Crippen LogP contribution in [0.25, 0.3) is 0 Å². The van der Waals surface area contributed by atoms with Gasteiger partial charge in [-0.2, -0.15) is 0 Å². The van der Waals surface area contributed by atoms with Crippen molar-refractivity contribution in [1.82, 2.24) is 4.98 Å². The van der Waals surface area contributed by atoms with Crippen LogP contribution >= 0.6 is 15.9 Å². The number of hydrogen-bond donors (Lipinski definition) is 2. The zero-order valence-corrected chi connectivity index (χ0v) is 8.58. The fraction of sp³-hybridized carbons (Fsp3) is 0.250. The number of carbonyl (C=O) groups is 1. The van der Waals surface area contributed by atoms with Crippen molar-refractivity contribution in [3.05, 3.63) is 28.0 Å². The average Bonchev–Trinajstić information content (AvgIpc) is 2.03. The SMILES string of the molecule is C[C@@H](N)c1nccc(C(=O)O)c1Br. The highest BCUT2D eigenvalue weighted by Crippen LogP contribution is 2.23. The van der Waals surface area contributed by atoms with E-state index in [4.69, 9.17) is 10.8 Å². The van der Waals surface area contributed by atoms with Crippen molar-refractivity contribution in [1.29, 1.82) is 0 Å². The lowest BCUT2D eigenvalue weighted by Gasteiger charge is -2.08. The van der Waals surface area contributed by atoms with E-state index in [1.165, 1.54) is 12.3 Å². The van der Waals surface area contributed by atoms with Crippen molar-refractivity contribution in [2.45, 2.75) is 13.0 Å². The number of carboxylic acids is 1. The molecule has 1 heterocycles. The summed E-state index contributed by atoms with van der Waals surface area (Å²) in [5, 5.41) is 8.77. The monoisotopic (exact) mass is 244 g/mol. The molecule has 70 valence electrons. The summed E-state index contributed by atoms with van der Waals surface area (Å²) >= 11 is 3.16. The fourth-order valence-electron chi connectivity index (χ4n) is 0.943. The van der Waals surface area contributed by atoms with Crippen LogP contribution in [0, 0.1) is 0 Å². The Morgan fingerprint density at radius 1 is 1.77 bits per heavy atom. The van der Waals surface area contributed by atoms with Gasteiger partial charge in [-0.15, -0.1) is 0 Å². The third kappa shape index (κ3) is 2.05. The van der Waals surface area contributed by atoms with Gasteiger partial charge in [-0.25, -0.2) is 4.79 Å². The number of nitrogens with two attached hydrogens (primary N) is 1. The second-order valence-electron chi connectivity index (χ2n) is 2.65. The molecule has 0 radical (unpaired) electrons. The molecule has 0 unspecified atom stereocenters. The molecule has 0 aliphatic rings. The van der Waals surface area contributed by atoms with Crippen molar-refractivity contribution >= 4 is 21.9 Å². The van der Waals surface area contributed by atoms with Gasteiger partial charge < -0.3 is 10.8 Å². The Labute approximate surface area is 83.9 Å². The van der Waals surface area contributed by atoms with E-state index in [1.807, 2.05) is 0 Å². The number of aromatic carboxylic acids is 1. The van der Waals surface area contributed by atoms with Gasteiger partial charge in [0.1, 0.15) is 0 Å². The van der Waals surface area contributed by atoms with Gasteiger partial charge in [-0.1, -0.05) is 0 Å². The van der Waals surface area contributed by atoms with E-state index in [1.54, 1.807) is 6.92 Å². The lowest BCUT2D eigenvalue weighted by Crippen LogP contribution is -2.10. The normalized spacial score (nSPS) is 12.5. The summed E-state index contributed by atoms with van der Waals surface area (Å²) in [6, 6.07) is 1.15. The summed E-state index contributed by atoms with van der Waals surface area (Å²) in [7, 11) is 0. The molecule has 1 aromatic heterocycles. The third-order valence-corrected chi connectivity index (χ3v) is 2.41. The summed E-state index contributed by atoms with van der Waals surface area (Å²) in [6.07, 6.45) is 1.44. The highest BCUT2D eigenvalue weighted by molar-refractivity contribution is 9.10. The van der Waals surface area contributed by atoms with Crippen LogP contribution in [-0.4, -0.2) is 16.1 Å². The maximum Gasteiger partial charge on any atom is 0.336 e. The van der Waals surface area contributed by atoms with E-state index in [9.17, 15) is 4.79 Å². The van der Waals surface area contributed by atoms with Crippen LogP contribution in [0.3, 0.4) is 0 Å². The Hall–Kier alpha value is -0.940. The van der Waals surface area contributed by atoms with Gasteiger partial charge in [0.25, 0.3) is 0 Å². The Morgan fingerprint density at radius 2 is 2.38 bits per heavy atom. The van der Waals surface area contributed by atoms with Crippen LogP contribution in [-0.2, 0) is 0 Å². The number of pyridine rings is 1. The molecule has 1 atom stereocenters. The molecule has 13 heavy (non-hydrogen) atoms. The average molecular weight is 245 g/mol. The second-order valence-corrected chi connectivity index (χ2v) is 3.44. The molecule has 1 rings (SSSR count). The van der Waals surface area contributed by atoms with Crippen molar-refractivity contribution in [3.8, 4) is 0 Å². The van der Waals surface area contributed by atoms with E-state index in [0.717, 1.165) is 0 Å². The molecule has 0 aromatic carbocycles. The summed E-state index contributed by atoms with van der Waals surface area (Å²) < 4.78 is 0.456. The number of nitrogens with zero attached hydrogens (tertiary/aromatic N) is 1. The number of aromatic nitrogens is 1. The van der Waals surface area contributed by atoms with Crippen LogP contribution < -0.4 is 5.73 Å². The van der Waals surface area contributed by atoms with Crippen LogP contribution in [0.15, 0.2) is 16.7 Å². The topological polar surface area (TPSA) is 76.2 Å². The molecule has 1 aromatic rings. The number of hydrogen-bond acceptors (Lipinski definition) is 3. The maximum absolute atomic E-state index is 10.7. The molecular weight excluding hydrogens is 236 g/mol. The summed E-state index contributed by atoms with van der Waals surface area (Å²) in [4.78, 5) is 14.7. The first-order valence-electron chi connectivity index (χ1n) is 3.67. The molecule has 0 spiro atoms. The molecule has 3 N–H and O–H groups in total. The minimum Gasteiger partial charge on any atom is -0.478 e. The third-order valence-electron chi connectivity index (χ3n) is 1.58. The summed E-state index contributed by atoms with van der Waals surface area (Å²) in [5.74, 6) is -0.990. The van der Waals surface area contributed by atoms with Crippen molar-refractivity contribution in [2.75, 3.05) is 0 Å². The van der Waals surface area contributed by atoms with Gasteiger partial charge in [0.05, 0.1) is 15.7 Å². The van der Waals surface area contributed by atoms with Crippen LogP contribution in [0.4, 0.5) is 0 Å². The molecule has 0 saturated carbocycles. The largest absolute Gasteiger partial charge is 0.478 e. The Kier molecular flexibility index (Phi) is 3.00. The van der Waals surface area contributed by atoms with Crippen LogP contribution in [0.2, 0.25) is 0 Å². The van der Waals surface area contributed by atoms with E-state index < -0.39 is 5.97 Å². The number of rotatable bonds is 2. The molecule has 0 bridgehead atoms. The first kappa shape index (κ1) is 10.1. The minimum absolute atomic E-state index is 0.183. The first-order valence-corrected chi connectivity index (χ1v) is 4.46. The zero-order chi connectivity index (χ0) is 10.0. The Balaban J connectivity index is 3.26. The van der Waals surface area contributed by atoms with E-state index in [-0.39, 0.29) is 11.6 Å². The molecule has 5 heteroatoms. The van der Waals surface area contributed by atoms with Gasteiger partial charge >= 0.3 is 5.97 Å². The van der Waals surface area contributed by atoms with Crippen LogP contribution in [0.1, 0.15) is 29.0 Å². The number of carboxylic acid groups (broad SMARTS) is 1. The fourth-order valence-corrected chi connectivity index (χ4v) is 1.71. The Bertz CT molecular complexity index is 339. The molecule has 0 fully saturated rings. The molecular formula is C8H9BrN2O2. The highest BCUT2D eigenvalue weighted by Gasteiger charge is 2.14. The minimum atomic E-state index is -0.990. The van der Waals surface area contributed by atoms with Gasteiger partial charge in [0.15, 0.2) is 0 Å². The van der Waals surface area contributed by atoms with Crippen molar-refractivity contribution in [2.24, 2.45) is 5.73 Å². The zero-order valence-electron chi connectivity index (χ0n) is 6.99. The van der Waals surface area contributed by atoms with Gasteiger partial charge in [0.2, 0.25) is 0 Å². The standard InChI is InChI=1S/C8H9BrN2O2/c1-4(10)7-6(9)5(8(12)13)2-3-11-7/h2-4H,10H2,1H3,(H,12,13)/t4-/m1/s1. The molecule has 4 nitrogen and oxygen atoms in total. The highest BCUT2D eigenvalue weighted by atomic mass is 79.9. The smallest absolute Gasteiger partial charge is 0.336 e. The van der Waals surface area contributed by atoms with Crippen molar-refractivity contribution in [3.63, 3.8) is 0 Å². The van der Waals surface area contributed by atoms with Gasteiger partial charge in [0, 0.05) is 12.2 Å². The van der Waals surface area contributed by atoms with Gasteiger partial charge in [-0.05, 0) is 28.9 Å². The van der Waals surface area contributed by atoms with Crippen molar-refractivity contribution < 1.29 is 9.90 Å². The lowest BCUT2D eigenvalue weighted by molar-refractivity contribution is 0.0695. The molecule has 0 saturated heterocycles. The van der Waals surface area contributed by atoms with E-state index in [2.05, 4.69) is 20.9 Å². The second kappa shape index (κ2) is 3.85. The van der Waals surface area contributed by atoms with E-state index in [0.29, 0.717) is 10.2 Å². The predicted molar refractivity (Wildman–Crippen MR) is 51.5 cm³/mol. The molecule has 0 aliphatic carbocycles. The quantitative estimate of drug-likeness (QED) is 0.828. The summed E-state index contributed by atoms with van der Waals surface area (Å²) in [5.41, 5.74) is 6.34. The first-order chi connectivity index (χ1) is 6.04. The summed E-state index contributed by atoms with van der Waals surface area (Å²) in [6.45, 7) is 1.75. The van der Waals surface area contributed by atoms with E-state index >= 15 is 0 Å². The Morgan fingerprint density at radius 3 is 2.85 bits per heavy atom. The molecule has 0 aliphatic heterocycles. The maximum atomic E-state index is 10.7. The predicted octanol–water partition coefficient (Wildman–Crippen LogP) is 1.56. The molecule has 0 amide bonds. The van der Waals surface area contributed by atoms with Crippen LogP contribution in [0.5, 0.6) is 0 Å². The lowest BCUT2D eigenvalue weighted by atomic mass is 10.1. The van der Waals surface area contributed by atoms with Gasteiger partial charge in [-0.3, -0.25) is 4.98 Å². The number of halogens is 1.